The molecule has 0 aromatic carbocycles. The molecular formula is C11H20N2O2. The summed E-state index contributed by atoms with van der Waals surface area (Å²) in [6.07, 6.45) is 5.90. The molecule has 0 aromatic rings. The van der Waals surface area contributed by atoms with Crippen LogP contribution in [0.1, 0.15) is 38.5 Å². The third-order valence-electron chi connectivity index (χ3n) is 3.27. The summed E-state index contributed by atoms with van der Waals surface area (Å²) in [5, 5.41) is 2.88. The van der Waals surface area contributed by atoms with Gasteiger partial charge in [0.05, 0.1) is 6.10 Å². The number of nitrogens with two attached hydrogens (primary N) is 1. The summed E-state index contributed by atoms with van der Waals surface area (Å²) in [5.74, 6) is 0.0629. The Morgan fingerprint density at radius 1 is 1.27 bits per heavy atom. The van der Waals surface area contributed by atoms with Crippen LogP contribution in [0.15, 0.2) is 0 Å². The third kappa shape index (κ3) is 2.92. The zero-order valence-corrected chi connectivity index (χ0v) is 9.08. The second-order valence-corrected chi connectivity index (χ2v) is 4.61. The van der Waals surface area contributed by atoms with Crippen LogP contribution in [0.2, 0.25) is 0 Å². The molecule has 3 unspecified atom stereocenters. The minimum Gasteiger partial charge on any atom is -0.365 e. The van der Waals surface area contributed by atoms with E-state index in [-0.39, 0.29) is 24.2 Å². The number of carbonyl (C=O) groups excluding carboxylic acids is 1. The second kappa shape index (κ2) is 4.94. The Bertz CT molecular complexity index is 233. The van der Waals surface area contributed by atoms with Crippen molar-refractivity contribution in [1.82, 2.24) is 5.32 Å². The molecule has 1 saturated carbocycles. The average Bonchev–Trinajstić information content (AvgIpc) is 2.50. The number of carbonyl (C=O) groups is 1. The number of hydrogen-bond donors (Lipinski definition) is 2. The van der Waals surface area contributed by atoms with Crippen molar-refractivity contribution in [1.29, 1.82) is 0 Å². The van der Waals surface area contributed by atoms with Crippen LogP contribution in [0.3, 0.4) is 0 Å². The number of rotatable bonds is 2. The SMILES string of the molecule is NC1CCC(OC2CCCCNC2=O)C1. The largest absolute Gasteiger partial charge is 0.365 e. The second-order valence-electron chi connectivity index (χ2n) is 4.61. The van der Waals surface area contributed by atoms with Gasteiger partial charge in [-0.2, -0.15) is 0 Å². The third-order valence-corrected chi connectivity index (χ3v) is 3.27. The Morgan fingerprint density at radius 2 is 2.13 bits per heavy atom. The first-order valence-corrected chi connectivity index (χ1v) is 5.94. The number of ether oxygens (including phenoxy) is 1. The van der Waals surface area contributed by atoms with E-state index in [1.165, 1.54) is 0 Å². The topological polar surface area (TPSA) is 64.3 Å². The van der Waals surface area contributed by atoms with Crippen LogP contribution in [0.5, 0.6) is 0 Å². The van der Waals surface area contributed by atoms with Gasteiger partial charge < -0.3 is 15.8 Å². The minimum absolute atomic E-state index is 0.0629. The van der Waals surface area contributed by atoms with Crippen LogP contribution in [0.25, 0.3) is 0 Å². The fourth-order valence-electron chi connectivity index (χ4n) is 2.37. The summed E-state index contributed by atoms with van der Waals surface area (Å²) in [5.41, 5.74) is 5.82. The van der Waals surface area contributed by atoms with E-state index in [1.807, 2.05) is 0 Å². The van der Waals surface area contributed by atoms with E-state index in [0.717, 1.165) is 45.1 Å². The molecular weight excluding hydrogens is 192 g/mol. The van der Waals surface area contributed by atoms with Crippen molar-refractivity contribution in [2.24, 2.45) is 5.73 Å². The van der Waals surface area contributed by atoms with Crippen molar-refractivity contribution in [3.8, 4) is 0 Å². The lowest BCUT2D eigenvalue weighted by Gasteiger charge is -2.19. The van der Waals surface area contributed by atoms with Crippen molar-refractivity contribution >= 4 is 5.91 Å². The van der Waals surface area contributed by atoms with Gasteiger partial charge in [-0.15, -0.1) is 0 Å². The highest BCUT2D eigenvalue weighted by Gasteiger charge is 2.29. The molecule has 1 saturated heterocycles. The van der Waals surface area contributed by atoms with Crippen LogP contribution >= 0.6 is 0 Å². The van der Waals surface area contributed by atoms with Gasteiger partial charge in [-0.3, -0.25) is 4.79 Å². The fraction of sp³-hybridized carbons (Fsp3) is 0.909. The van der Waals surface area contributed by atoms with Crippen LogP contribution in [0.4, 0.5) is 0 Å². The van der Waals surface area contributed by atoms with E-state index in [4.69, 9.17) is 10.5 Å². The molecule has 3 atom stereocenters. The molecule has 4 heteroatoms. The monoisotopic (exact) mass is 212 g/mol. The number of nitrogens with one attached hydrogen (secondary N) is 1. The highest BCUT2D eigenvalue weighted by Crippen LogP contribution is 2.23. The molecule has 1 aliphatic carbocycles. The Kier molecular flexibility index (Phi) is 3.59. The molecule has 0 bridgehead atoms. The van der Waals surface area contributed by atoms with E-state index in [0.29, 0.717) is 0 Å². The fourth-order valence-corrected chi connectivity index (χ4v) is 2.37. The van der Waals surface area contributed by atoms with Gasteiger partial charge in [-0.1, -0.05) is 0 Å². The van der Waals surface area contributed by atoms with Gasteiger partial charge in [0.25, 0.3) is 0 Å². The van der Waals surface area contributed by atoms with Crippen LogP contribution in [-0.4, -0.2) is 30.7 Å². The highest BCUT2D eigenvalue weighted by molar-refractivity contribution is 5.80. The number of amides is 1. The summed E-state index contributed by atoms with van der Waals surface area (Å²) >= 11 is 0. The molecule has 1 heterocycles. The quantitative estimate of drug-likeness (QED) is 0.702. The first-order chi connectivity index (χ1) is 7.25. The predicted octanol–water partition coefficient (Wildman–Crippen LogP) is 0.551. The summed E-state index contributed by atoms with van der Waals surface area (Å²) in [4.78, 5) is 11.6. The molecule has 15 heavy (non-hydrogen) atoms. The van der Waals surface area contributed by atoms with Crippen LogP contribution < -0.4 is 11.1 Å². The van der Waals surface area contributed by atoms with Gasteiger partial charge in [0.2, 0.25) is 5.91 Å². The molecule has 0 aromatic heterocycles. The first-order valence-electron chi connectivity index (χ1n) is 5.94. The summed E-state index contributed by atoms with van der Waals surface area (Å²) in [7, 11) is 0. The van der Waals surface area contributed by atoms with Gasteiger partial charge in [0.1, 0.15) is 6.10 Å². The van der Waals surface area contributed by atoms with Crippen LogP contribution in [-0.2, 0) is 9.53 Å². The maximum Gasteiger partial charge on any atom is 0.249 e. The van der Waals surface area contributed by atoms with Gasteiger partial charge in [-0.25, -0.2) is 0 Å². The summed E-state index contributed by atoms with van der Waals surface area (Å²) in [6, 6.07) is 0.267. The van der Waals surface area contributed by atoms with Crippen molar-refractivity contribution in [2.75, 3.05) is 6.54 Å². The summed E-state index contributed by atoms with van der Waals surface area (Å²) in [6.45, 7) is 0.795. The Labute approximate surface area is 90.5 Å². The van der Waals surface area contributed by atoms with Gasteiger partial charge in [0, 0.05) is 12.6 Å². The first kappa shape index (κ1) is 10.9. The van der Waals surface area contributed by atoms with E-state index in [9.17, 15) is 4.79 Å². The standard InChI is InChI=1S/C11H20N2O2/c12-8-4-5-9(7-8)15-10-3-1-2-6-13-11(10)14/h8-10H,1-7,12H2,(H,13,14). The molecule has 2 aliphatic rings. The van der Waals surface area contributed by atoms with Crippen molar-refractivity contribution in [3.05, 3.63) is 0 Å². The van der Waals surface area contributed by atoms with E-state index < -0.39 is 0 Å². The van der Waals surface area contributed by atoms with Crippen molar-refractivity contribution in [3.63, 3.8) is 0 Å². The molecule has 0 radical (unpaired) electrons. The maximum absolute atomic E-state index is 11.6. The highest BCUT2D eigenvalue weighted by atomic mass is 16.5. The maximum atomic E-state index is 11.6. The Morgan fingerprint density at radius 3 is 2.87 bits per heavy atom. The molecule has 0 spiro atoms. The lowest BCUT2D eigenvalue weighted by molar-refractivity contribution is -0.136. The van der Waals surface area contributed by atoms with E-state index >= 15 is 0 Å². The van der Waals surface area contributed by atoms with Crippen molar-refractivity contribution < 1.29 is 9.53 Å². The molecule has 3 N–H and O–H groups in total. The molecule has 1 amide bonds. The predicted molar refractivity (Wildman–Crippen MR) is 57.3 cm³/mol. The normalized spacial score (nSPS) is 37.4. The van der Waals surface area contributed by atoms with Crippen molar-refractivity contribution in [2.45, 2.75) is 56.8 Å². The molecule has 86 valence electrons. The average molecular weight is 212 g/mol. The number of hydrogen-bond acceptors (Lipinski definition) is 3. The molecule has 2 rings (SSSR count). The Balaban J connectivity index is 1.83. The lowest BCUT2D eigenvalue weighted by atomic mass is 10.1. The summed E-state index contributed by atoms with van der Waals surface area (Å²) < 4.78 is 5.82. The van der Waals surface area contributed by atoms with E-state index in [2.05, 4.69) is 5.32 Å². The minimum atomic E-state index is -0.234. The van der Waals surface area contributed by atoms with Gasteiger partial charge in [-0.05, 0) is 38.5 Å². The molecule has 2 fully saturated rings. The van der Waals surface area contributed by atoms with Gasteiger partial charge in [0.15, 0.2) is 0 Å². The van der Waals surface area contributed by atoms with Crippen LogP contribution in [0, 0.1) is 0 Å². The molecule has 4 nitrogen and oxygen atoms in total. The smallest absolute Gasteiger partial charge is 0.249 e. The van der Waals surface area contributed by atoms with E-state index in [1.54, 1.807) is 0 Å². The zero-order valence-electron chi connectivity index (χ0n) is 9.08. The molecule has 1 aliphatic heterocycles. The lowest BCUT2D eigenvalue weighted by Crippen LogP contribution is -2.36. The Hall–Kier alpha value is -0.610. The van der Waals surface area contributed by atoms with Gasteiger partial charge >= 0.3 is 0 Å². The zero-order chi connectivity index (χ0) is 10.7.